The maximum Gasteiger partial charge on any atom is 0.0625 e. The molecule has 1 heteroatoms. The van der Waals surface area contributed by atoms with Gasteiger partial charge >= 0.3 is 0 Å². The molecule has 3 atom stereocenters. The number of rotatable bonds is 2. The second-order valence-electron chi connectivity index (χ2n) is 4.40. The van der Waals surface area contributed by atoms with E-state index in [1.165, 1.54) is 6.42 Å². The third-order valence-electron chi connectivity index (χ3n) is 2.72. The monoisotopic (exact) mass is 168 g/mol. The van der Waals surface area contributed by atoms with E-state index in [0.29, 0.717) is 11.8 Å². The fourth-order valence-corrected chi connectivity index (χ4v) is 1.87. The Hall–Kier alpha value is -0.300. The first-order valence-corrected chi connectivity index (χ1v) is 4.96. The maximum atomic E-state index is 9.82. The highest BCUT2D eigenvalue weighted by Crippen LogP contribution is 2.27. The van der Waals surface area contributed by atoms with E-state index in [0.717, 1.165) is 12.3 Å². The van der Waals surface area contributed by atoms with Crippen LogP contribution in [0.4, 0.5) is 0 Å². The molecule has 1 rings (SSSR count). The standard InChI is InChI=1S/C11H20O/c1-8(2)11(12)10-6-4-5-9(3)7-10/h4,6,8-12H,5,7H2,1-3H3/t9-,10-,11-/m0/s1. The van der Waals surface area contributed by atoms with Gasteiger partial charge < -0.3 is 5.11 Å². The lowest BCUT2D eigenvalue weighted by Gasteiger charge is -2.28. The first kappa shape index (κ1) is 9.79. The lowest BCUT2D eigenvalue weighted by atomic mass is 9.81. The molecule has 12 heavy (non-hydrogen) atoms. The van der Waals surface area contributed by atoms with E-state index in [1.54, 1.807) is 0 Å². The largest absolute Gasteiger partial charge is 0.392 e. The van der Waals surface area contributed by atoms with Crippen LogP contribution in [-0.4, -0.2) is 11.2 Å². The molecule has 1 aliphatic rings. The van der Waals surface area contributed by atoms with Crippen molar-refractivity contribution in [2.24, 2.45) is 17.8 Å². The first-order chi connectivity index (χ1) is 5.61. The van der Waals surface area contributed by atoms with Crippen LogP contribution < -0.4 is 0 Å². The normalized spacial score (nSPS) is 32.4. The van der Waals surface area contributed by atoms with Gasteiger partial charge in [-0.3, -0.25) is 0 Å². The molecule has 0 radical (unpaired) electrons. The first-order valence-electron chi connectivity index (χ1n) is 4.96. The van der Waals surface area contributed by atoms with Gasteiger partial charge in [0.05, 0.1) is 6.10 Å². The van der Waals surface area contributed by atoms with E-state index in [2.05, 4.69) is 32.9 Å². The molecule has 0 unspecified atom stereocenters. The fraction of sp³-hybridized carbons (Fsp3) is 0.818. The van der Waals surface area contributed by atoms with Gasteiger partial charge in [0.1, 0.15) is 0 Å². The molecule has 0 aromatic heterocycles. The zero-order chi connectivity index (χ0) is 9.14. The summed E-state index contributed by atoms with van der Waals surface area (Å²) in [5, 5.41) is 9.82. The minimum absolute atomic E-state index is 0.149. The Morgan fingerprint density at radius 3 is 2.58 bits per heavy atom. The predicted octanol–water partition coefficient (Wildman–Crippen LogP) is 2.61. The molecular weight excluding hydrogens is 148 g/mol. The van der Waals surface area contributed by atoms with Crippen molar-refractivity contribution in [2.45, 2.75) is 39.7 Å². The van der Waals surface area contributed by atoms with Crippen molar-refractivity contribution in [2.75, 3.05) is 0 Å². The number of hydrogen-bond donors (Lipinski definition) is 1. The van der Waals surface area contributed by atoms with Crippen LogP contribution in [0.3, 0.4) is 0 Å². The molecule has 0 aromatic rings. The average Bonchev–Trinajstić information content (AvgIpc) is 2.03. The molecule has 0 aromatic carbocycles. The Labute approximate surface area is 75.5 Å². The Bertz CT molecular complexity index is 160. The highest BCUT2D eigenvalue weighted by molar-refractivity contribution is 4.98. The van der Waals surface area contributed by atoms with Crippen LogP contribution in [0.25, 0.3) is 0 Å². The average molecular weight is 168 g/mol. The molecular formula is C11H20O. The molecule has 0 amide bonds. The summed E-state index contributed by atoms with van der Waals surface area (Å²) in [6.07, 6.45) is 6.58. The zero-order valence-corrected chi connectivity index (χ0v) is 8.33. The molecule has 0 saturated heterocycles. The van der Waals surface area contributed by atoms with Crippen LogP contribution in [0, 0.1) is 17.8 Å². The van der Waals surface area contributed by atoms with Crippen LogP contribution in [-0.2, 0) is 0 Å². The Morgan fingerprint density at radius 2 is 2.08 bits per heavy atom. The van der Waals surface area contributed by atoms with Gasteiger partial charge in [-0.05, 0) is 24.7 Å². The highest BCUT2D eigenvalue weighted by Gasteiger charge is 2.23. The molecule has 0 bridgehead atoms. The quantitative estimate of drug-likeness (QED) is 0.628. The van der Waals surface area contributed by atoms with E-state index in [-0.39, 0.29) is 6.10 Å². The van der Waals surface area contributed by atoms with Gasteiger partial charge in [-0.25, -0.2) is 0 Å². The summed E-state index contributed by atoms with van der Waals surface area (Å²) in [5.74, 6) is 1.52. The van der Waals surface area contributed by atoms with Crippen molar-refractivity contribution < 1.29 is 5.11 Å². The molecule has 0 spiro atoms. The minimum Gasteiger partial charge on any atom is -0.392 e. The van der Waals surface area contributed by atoms with Crippen molar-refractivity contribution in [1.29, 1.82) is 0 Å². The van der Waals surface area contributed by atoms with Crippen LogP contribution in [0.5, 0.6) is 0 Å². The van der Waals surface area contributed by atoms with Gasteiger partial charge in [-0.15, -0.1) is 0 Å². The summed E-state index contributed by atoms with van der Waals surface area (Å²) in [7, 11) is 0. The Balaban J connectivity index is 2.51. The number of aliphatic hydroxyl groups is 1. The Morgan fingerprint density at radius 1 is 1.42 bits per heavy atom. The second kappa shape index (κ2) is 4.08. The predicted molar refractivity (Wildman–Crippen MR) is 51.9 cm³/mol. The third-order valence-corrected chi connectivity index (χ3v) is 2.72. The fourth-order valence-electron chi connectivity index (χ4n) is 1.87. The molecule has 0 heterocycles. The molecule has 0 saturated carbocycles. The lowest BCUT2D eigenvalue weighted by Crippen LogP contribution is -2.27. The second-order valence-corrected chi connectivity index (χ2v) is 4.40. The van der Waals surface area contributed by atoms with E-state index in [1.807, 2.05) is 0 Å². The maximum absolute atomic E-state index is 9.82. The zero-order valence-electron chi connectivity index (χ0n) is 8.33. The van der Waals surface area contributed by atoms with Crippen LogP contribution in [0.2, 0.25) is 0 Å². The van der Waals surface area contributed by atoms with Gasteiger partial charge in [0.15, 0.2) is 0 Å². The van der Waals surface area contributed by atoms with Crippen LogP contribution >= 0.6 is 0 Å². The molecule has 0 fully saturated rings. The molecule has 1 aliphatic carbocycles. The van der Waals surface area contributed by atoms with Gasteiger partial charge in [0.25, 0.3) is 0 Å². The van der Waals surface area contributed by atoms with Gasteiger partial charge in [-0.1, -0.05) is 32.9 Å². The van der Waals surface area contributed by atoms with Crippen LogP contribution in [0.15, 0.2) is 12.2 Å². The van der Waals surface area contributed by atoms with Crippen molar-refractivity contribution >= 4 is 0 Å². The van der Waals surface area contributed by atoms with Crippen LogP contribution in [0.1, 0.15) is 33.6 Å². The summed E-state index contributed by atoms with van der Waals surface area (Å²) in [5.41, 5.74) is 0. The number of allylic oxidation sites excluding steroid dienone is 1. The van der Waals surface area contributed by atoms with Crippen molar-refractivity contribution in [3.05, 3.63) is 12.2 Å². The van der Waals surface area contributed by atoms with E-state index >= 15 is 0 Å². The minimum atomic E-state index is -0.149. The van der Waals surface area contributed by atoms with Gasteiger partial charge in [0.2, 0.25) is 0 Å². The Kier molecular flexibility index (Phi) is 3.33. The highest BCUT2D eigenvalue weighted by atomic mass is 16.3. The number of hydrogen-bond acceptors (Lipinski definition) is 1. The summed E-state index contributed by atoms with van der Waals surface area (Å²) in [4.78, 5) is 0. The summed E-state index contributed by atoms with van der Waals surface area (Å²) in [6, 6.07) is 0. The van der Waals surface area contributed by atoms with Crippen molar-refractivity contribution in [3.63, 3.8) is 0 Å². The molecule has 0 aliphatic heterocycles. The molecule has 1 nitrogen and oxygen atoms in total. The third kappa shape index (κ3) is 2.34. The van der Waals surface area contributed by atoms with Gasteiger partial charge in [0, 0.05) is 5.92 Å². The summed E-state index contributed by atoms with van der Waals surface area (Å²) in [6.45, 7) is 6.42. The van der Waals surface area contributed by atoms with E-state index < -0.39 is 0 Å². The summed E-state index contributed by atoms with van der Waals surface area (Å²) < 4.78 is 0. The van der Waals surface area contributed by atoms with Crippen molar-refractivity contribution in [1.82, 2.24) is 0 Å². The smallest absolute Gasteiger partial charge is 0.0625 e. The lowest BCUT2D eigenvalue weighted by molar-refractivity contribution is 0.0717. The topological polar surface area (TPSA) is 20.2 Å². The molecule has 1 N–H and O–H groups in total. The van der Waals surface area contributed by atoms with Gasteiger partial charge in [-0.2, -0.15) is 0 Å². The van der Waals surface area contributed by atoms with E-state index in [9.17, 15) is 5.11 Å². The SMILES string of the molecule is CC(C)[C@H](O)[C@H]1C=CC[C@H](C)C1. The molecule has 70 valence electrons. The number of aliphatic hydroxyl groups excluding tert-OH is 1. The van der Waals surface area contributed by atoms with Crippen molar-refractivity contribution in [3.8, 4) is 0 Å². The summed E-state index contributed by atoms with van der Waals surface area (Å²) >= 11 is 0. The van der Waals surface area contributed by atoms with E-state index in [4.69, 9.17) is 0 Å².